The van der Waals surface area contributed by atoms with Gasteiger partial charge in [-0.1, -0.05) is 54.9 Å². The first kappa shape index (κ1) is 16.8. The number of benzene rings is 1. The average Bonchev–Trinajstić information content (AvgIpc) is 3.42. The number of carbonyl (C=O) groups excluding carboxylic acids is 1. The molecule has 26 heavy (non-hydrogen) atoms. The van der Waals surface area contributed by atoms with Gasteiger partial charge in [-0.3, -0.25) is 9.89 Å². The van der Waals surface area contributed by atoms with Crippen LogP contribution in [0.4, 0.5) is 5.82 Å². The standard InChI is InChI=1S/C18H20N6OS/c25-16(20-15-10-11-19-24(15)14-8-4-5-9-14)12-26-18-21-17(22-23-18)13-6-2-1-3-7-13/h1-3,6-7,10-11,14H,4-5,8-9,12H2,(H,20,25)(H,21,22,23). The van der Waals surface area contributed by atoms with Crippen LogP contribution in [0.2, 0.25) is 0 Å². The summed E-state index contributed by atoms with van der Waals surface area (Å²) in [4.78, 5) is 16.7. The van der Waals surface area contributed by atoms with E-state index in [4.69, 9.17) is 0 Å². The number of aromatic nitrogens is 5. The molecule has 1 aliphatic rings. The van der Waals surface area contributed by atoms with E-state index >= 15 is 0 Å². The maximum absolute atomic E-state index is 12.3. The molecule has 0 aliphatic heterocycles. The van der Waals surface area contributed by atoms with Crippen LogP contribution >= 0.6 is 11.8 Å². The smallest absolute Gasteiger partial charge is 0.235 e. The third-order valence-electron chi connectivity index (χ3n) is 4.45. The highest BCUT2D eigenvalue weighted by Crippen LogP contribution is 2.31. The van der Waals surface area contributed by atoms with Crippen molar-refractivity contribution in [2.45, 2.75) is 36.9 Å². The van der Waals surface area contributed by atoms with Gasteiger partial charge in [-0.25, -0.2) is 9.67 Å². The summed E-state index contributed by atoms with van der Waals surface area (Å²) in [6.07, 6.45) is 6.44. The van der Waals surface area contributed by atoms with E-state index in [0.717, 1.165) is 24.2 Å². The second-order valence-electron chi connectivity index (χ2n) is 6.27. The van der Waals surface area contributed by atoms with Crippen LogP contribution in [0, 0.1) is 0 Å². The predicted molar refractivity (Wildman–Crippen MR) is 101 cm³/mol. The Morgan fingerprint density at radius 1 is 1.23 bits per heavy atom. The van der Waals surface area contributed by atoms with E-state index in [9.17, 15) is 4.79 Å². The number of amides is 1. The molecule has 1 aliphatic carbocycles. The minimum Gasteiger partial charge on any atom is -0.310 e. The maximum Gasteiger partial charge on any atom is 0.235 e. The summed E-state index contributed by atoms with van der Waals surface area (Å²) in [5, 5.41) is 15.0. The van der Waals surface area contributed by atoms with Crippen molar-refractivity contribution >= 4 is 23.5 Å². The zero-order valence-corrected chi connectivity index (χ0v) is 15.1. The predicted octanol–water partition coefficient (Wildman–Crippen LogP) is 3.51. The van der Waals surface area contributed by atoms with Crippen molar-refractivity contribution in [3.8, 4) is 11.4 Å². The Hall–Kier alpha value is -2.61. The molecule has 8 heteroatoms. The summed E-state index contributed by atoms with van der Waals surface area (Å²) < 4.78 is 1.94. The maximum atomic E-state index is 12.3. The first-order chi connectivity index (χ1) is 12.8. The largest absolute Gasteiger partial charge is 0.310 e. The fourth-order valence-electron chi connectivity index (χ4n) is 3.20. The van der Waals surface area contributed by atoms with Crippen molar-refractivity contribution in [2.24, 2.45) is 0 Å². The molecule has 0 unspecified atom stereocenters. The van der Waals surface area contributed by atoms with Crippen LogP contribution < -0.4 is 5.32 Å². The first-order valence-corrected chi connectivity index (χ1v) is 9.72. The van der Waals surface area contributed by atoms with Crippen LogP contribution in [0.1, 0.15) is 31.7 Å². The lowest BCUT2D eigenvalue weighted by Gasteiger charge is -2.14. The quantitative estimate of drug-likeness (QED) is 0.650. The van der Waals surface area contributed by atoms with Gasteiger partial charge in [-0.05, 0) is 12.8 Å². The fourth-order valence-corrected chi connectivity index (χ4v) is 3.80. The molecule has 2 N–H and O–H groups in total. The molecular formula is C18H20N6OS. The lowest BCUT2D eigenvalue weighted by Crippen LogP contribution is -2.19. The van der Waals surface area contributed by atoms with Gasteiger partial charge < -0.3 is 5.32 Å². The number of hydrogen-bond donors (Lipinski definition) is 2. The minimum absolute atomic E-state index is 0.0826. The average molecular weight is 368 g/mol. The molecule has 134 valence electrons. The number of rotatable bonds is 6. The second kappa shape index (κ2) is 7.74. The number of aromatic amines is 1. The van der Waals surface area contributed by atoms with Gasteiger partial charge in [0.1, 0.15) is 5.82 Å². The van der Waals surface area contributed by atoms with Gasteiger partial charge in [0, 0.05) is 11.6 Å². The first-order valence-electron chi connectivity index (χ1n) is 8.73. The van der Waals surface area contributed by atoms with Crippen molar-refractivity contribution in [3.63, 3.8) is 0 Å². The fraction of sp³-hybridized carbons (Fsp3) is 0.333. The Morgan fingerprint density at radius 2 is 2.04 bits per heavy atom. The molecule has 2 heterocycles. The normalized spacial score (nSPS) is 14.6. The Bertz CT molecular complexity index is 869. The van der Waals surface area contributed by atoms with Gasteiger partial charge in [0.15, 0.2) is 5.82 Å². The van der Waals surface area contributed by atoms with E-state index in [-0.39, 0.29) is 11.7 Å². The minimum atomic E-state index is -0.0826. The Balaban J connectivity index is 1.34. The molecule has 1 fully saturated rings. The SMILES string of the molecule is O=C(CSc1n[nH]c(-c2ccccc2)n1)Nc1ccnn1C1CCCC1. The number of anilines is 1. The molecule has 7 nitrogen and oxygen atoms in total. The summed E-state index contributed by atoms with van der Waals surface area (Å²) in [6.45, 7) is 0. The third-order valence-corrected chi connectivity index (χ3v) is 5.30. The molecule has 1 amide bonds. The van der Waals surface area contributed by atoms with E-state index < -0.39 is 0 Å². The molecule has 0 spiro atoms. The molecule has 0 atom stereocenters. The number of nitrogens with one attached hydrogen (secondary N) is 2. The lowest BCUT2D eigenvalue weighted by atomic mass is 10.2. The van der Waals surface area contributed by atoms with Crippen molar-refractivity contribution in [3.05, 3.63) is 42.6 Å². The van der Waals surface area contributed by atoms with Gasteiger partial charge in [0.25, 0.3) is 0 Å². The topological polar surface area (TPSA) is 88.5 Å². The molecule has 3 aromatic rings. The van der Waals surface area contributed by atoms with Crippen molar-refractivity contribution in [2.75, 3.05) is 11.1 Å². The Kier molecular flexibility index (Phi) is 5.01. The second-order valence-corrected chi connectivity index (χ2v) is 7.21. The molecule has 1 saturated carbocycles. The zero-order chi connectivity index (χ0) is 17.8. The molecular weight excluding hydrogens is 348 g/mol. The molecule has 2 aromatic heterocycles. The van der Waals surface area contributed by atoms with Gasteiger partial charge >= 0.3 is 0 Å². The number of nitrogens with zero attached hydrogens (tertiary/aromatic N) is 4. The Morgan fingerprint density at radius 3 is 2.85 bits per heavy atom. The van der Waals surface area contributed by atoms with Crippen molar-refractivity contribution < 1.29 is 4.79 Å². The summed E-state index contributed by atoms with van der Waals surface area (Å²) in [5.74, 6) is 1.64. The van der Waals surface area contributed by atoms with E-state index in [0.29, 0.717) is 17.0 Å². The highest BCUT2D eigenvalue weighted by Gasteiger charge is 2.20. The number of H-pyrrole nitrogens is 1. The summed E-state index contributed by atoms with van der Waals surface area (Å²) >= 11 is 1.31. The van der Waals surface area contributed by atoms with Crippen LogP contribution in [-0.4, -0.2) is 36.6 Å². The highest BCUT2D eigenvalue weighted by molar-refractivity contribution is 7.99. The van der Waals surface area contributed by atoms with E-state index in [1.807, 2.05) is 41.1 Å². The highest BCUT2D eigenvalue weighted by atomic mass is 32.2. The van der Waals surface area contributed by atoms with E-state index in [1.54, 1.807) is 6.20 Å². The number of thioether (sulfide) groups is 1. The van der Waals surface area contributed by atoms with E-state index in [1.165, 1.54) is 24.6 Å². The molecule has 4 rings (SSSR count). The molecule has 0 bridgehead atoms. The monoisotopic (exact) mass is 368 g/mol. The molecule has 1 aromatic carbocycles. The van der Waals surface area contributed by atoms with Gasteiger partial charge in [-0.15, -0.1) is 5.10 Å². The molecule has 0 saturated heterocycles. The van der Waals surface area contributed by atoms with Crippen molar-refractivity contribution in [1.29, 1.82) is 0 Å². The van der Waals surface area contributed by atoms with Crippen LogP contribution in [0.15, 0.2) is 47.8 Å². The number of carbonyl (C=O) groups is 1. The van der Waals surface area contributed by atoms with Crippen molar-refractivity contribution in [1.82, 2.24) is 25.0 Å². The molecule has 0 radical (unpaired) electrons. The zero-order valence-electron chi connectivity index (χ0n) is 14.3. The third kappa shape index (κ3) is 3.80. The van der Waals surface area contributed by atoms with Gasteiger partial charge in [0.05, 0.1) is 18.0 Å². The lowest BCUT2D eigenvalue weighted by molar-refractivity contribution is -0.113. The Labute approximate surface area is 155 Å². The van der Waals surface area contributed by atoms with Gasteiger partial charge in [0.2, 0.25) is 11.1 Å². The van der Waals surface area contributed by atoms with Gasteiger partial charge in [-0.2, -0.15) is 5.10 Å². The van der Waals surface area contributed by atoms with Crippen LogP contribution in [-0.2, 0) is 4.79 Å². The van der Waals surface area contributed by atoms with Crippen LogP contribution in [0.5, 0.6) is 0 Å². The van der Waals surface area contributed by atoms with Crippen LogP contribution in [0.3, 0.4) is 0 Å². The van der Waals surface area contributed by atoms with Crippen LogP contribution in [0.25, 0.3) is 11.4 Å². The summed E-state index contributed by atoms with van der Waals surface area (Å²) in [6, 6.07) is 12.0. The summed E-state index contributed by atoms with van der Waals surface area (Å²) in [7, 11) is 0. The summed E-state index contributed by atoms with van der Waals surface area (Å²) in [5.41, 5.74) is 0.969. The number of hydrogen-bond acceptors (Lipinski definition) is 5. The van der Waals surface area contributed by atoms with E-state index in [2.05, 4.69) is 25.6 Å².